The molecule has 1 fully saturated rings. The fourth-order valence-corrected chi connectivity index (χ4v) is 0.658. The molecule has 1 unspecified atom stereocenters. The molecular weight excluding hydrogens is 304 g/mol. The van der Waals surface area contributed by atoms with Gasteiger partial charge in [0.05, 0.1) is 5.83 Å². The van der Waals surface area contributed by atoms with Crippen LogP contribution in [0.4, 0.5) is 29.8 Å². The second-order valence-electron chi connectivity index (χ2n) is 3.42. The van der Waals surface area contributed by atoms with Crippen molar-refractivity contribution in [2.24, 2.45) is 0 Å². The van der Waals surface area contributed by atoms with Crippen molar-refractivity contribution < 1.29 is 47.5 Å². The number of hydrogen-bond acceptors (Lipinski definition) is 0. The summed E-state index contributed by atoms with van der Waals surface area (Å²) in [6.45, 7) is 7.36. The molecule has 1 saturated carbocycles. The van der Waals surface area contributed by atoms with Crippen molar-refractivity contribution in [2.75, 3.05) is 0 Å². The summed E-state index contributed by atoms with van der Waals surface area (Å²) in [6, 6.07) is 0. The molecule has 1 atom stereocenters. The zero-order valence-corrected chi connectivity index (χ0v) is 11.3. The zero-order chi connectivity index (χ0) is 16.3. The van der Waals surface area contributed by atoms with Crippen LogP contribution in [0.3, 0.4) is 0 Å². The van der Waals surface area contributed by atoms with E-state index in [1.54, 1.807) is 0 Å². The first-order valence-corrected chi connectivity index (χ1v) is 5.00. The maximum absolute atomic E-state index is 12.2. The van der Waals surface area contributed by atoms with Crippen molar-refractivity contribution in [2.45, 2.75) is 38.3 Å². The van der Waals surface area contributed by atoms with Gasteiger partial charge in [-0.2, -0.15) is 8.78 Å². The maximum atomic E-state index is 12.2. The van der Waals surface area contributed by atoms with Crippen LogP contribution in [-0.4, -0.2) is 12.5 Å². The molecule has 0 aromatic heterocycles. The minimum atomic E-state index is -3.05. The molecule has 1 aliphatic rings. The Morgan fingerprint density at radius 3 is 1.33 bits per heavy atom. The second kappa shape index (κ2) is 10.5. The predicted molar refractivity (Wildman–Crippen MR) is 53.5 cm³/mol. The van der Waals surface area contributed by atoms with Crippen LogP contribution < -0.4 is 0 Å². The van der Waals surface area contributed by atoms with Crippen LogP contribution in [0.5, 0.6) is 0 Å². The van der Waals surface area contributed by atoms with E-state index in [4.69, 9.17) is 0.879 Å². The van der Waals surface area contributed by atoms with Gasteiger partial charge in [-0.15, -0.1) is 0 Å². The molecule has 1 aliphatic carbocycles. The van der Waals surface area contributed by atoms with E-state index in [2.05, 4.69) is 13.2 Å². The summed E-state index contributed by atoms with van der Waals surface area (Å²) in [6.07, 6.45) is -2.12. The molecule has 0 spiro atoms. The van der Waals surface area contributed by atoms with E-state index in [-0.39, 0.29) is 18.7 Å². The van der Waals surface area contributed by atoms with Crippen molar-refractivity contribution in [1.82, 2.24) is 0 Å². The predicted octanol–water partition coefficient (Wildman–Crippen LogP) is 5.18. The fourth-order valence-electron chi connectivity index (χ4n) is 0.658. The SMILES string of the molecule is C=C(C)F.C=C(F)F.CC1(F)CCC1(F)F.[2H][V][F]. The van der Waals surface area contributed by atoms with E-state index in [0.717, 1.165) is 6.92 Å². The molecule has 0 heterocycles. The van der Waals surface area contributed by atoms with Gasteiger partial charge >= 0.3 is 22.0 Å². The van der Waals surface area contributed by atoms with E-state index < -0.39 is 35.4 Å². The first kappa shape index (κ1) is 19.9. The third kappa shape index (κ3) is 13.6. The zero-order valence-electron chi connectivity index (χ0n) is 10.9. The van der Waals surface area contributed by atoms with Gasteiger partial charge < -0.3 is 0 Å². The monoisotopic (exact) mass is 320 g/mol. The van der Waals surface area contributed by atoms with Crippen LogP contribution >= 0.6 is 0 Å². The Balaban J connectivity index is -0.000000200. The Kier molecular flexibility index (Phi) is 11.6. The molecule has 18 heavy (non-hydrogen) atoms. The van der Waals surface area contributed by atoms with Gasteiger partial charge in [0.25, 0.3) is 12.0 Å². The van der Waals surface area contributed by atoms with E-state index >= 15 is 0 Å². The van der Waals surface area contributed by atoms with Gasteiger partial charge in [-0.25, -0.2) is 17.6 Å². The number of hydrogen-bond donors (Lipinski definition) is 0. The molecule has 0 aromatic carbocycles. The summed E-state index contributed by atoms with van der Waals surface area (Å²) < 4.78 is 82.9. The van der Waals surface area contributed by atoms with Crippen molar-refractivity contribution in [3.8, 4) is 0 Å². The summed E-state index contributed by atoms with van der Waals surface area (Å²) in [5, 5.41) is 0. The molecule has 0 radical (unpaired) electrons. The third-order valence-corrected chi connectivity index (χ3v) is 1.67. The summed E-state index contributed by atoms with van der Waals surface area (Å²) in [5.41, 5.74) is -2.22. The molecule has 0 aliphatic heterocycles. The molecule has 0 saturated heterocycles. The van der Waals surface area contributed by atoms with E-state index in [0.29, 0.717) is 0 Å². The van der Waals surface area contributed by atoms with Crippen LogP contribution in [0, 0.1) is 0 Å². The van der Waals surface area contributed by atoms with Crippen LogP contribution in [0.2, 0.25) is 0 Å². The third-order valence-electron chi connectivity index (χ3n) is 1.67. The quantitative estimate of drug-likeness (QED) is 0.540. The second-order valence-corrected chi connectivity index (χ2v) is 3.42. The van der Waals surface area contributed by atoms with Crippen LogP contribution in [0.1, 0.15) is 26.7 Å². The molecule has 0 amide bonds. The van der Waals surface area contributed by atoms with Crippen molar-refractivity contribution in [3.05, 3.63) is 25.1 Å². The molecule has 1 rings (SSSR count). The summed E-state index contributed by atoms with van der Waals surface area (Å²) in [7, 11) is 0. The number of rotatable bonds is 0. The topological polar surface area (TPSA) is 0 Å². The Morgan fingerprint density at radius 2 is 1.33 bits per heavy atom. The molecular formula is C10H15F7V. The van der Waals surface area contributed by atoms with Gasteiger partial charge in [0, 0.05) is 6.42 Å². The molecule has 8 heteroatoms. The number of alkyl halides is 3. The molecule has 0 N–H and O–H groups in total. The van der Waals surface area contributed by atoms with E-state index in [1.165, 1.54) is 6.92 Å². The van der Waals surface area contributed by atoms with Gasteiger partial charge in [-0.3, -0.25) is 0 Å². The standard InChI is InChI=1S/C5H7F3.C3H5F.C2H2F2.FH.V.H/c1-4(6)2-3-5(4,7)8;1-3(2)4;1-2(3)4;;;/h2-3H2,1H3;1H2,2H3;1H2;1H;;/q;;;;+1;/p-1/i;;;;;1+1. The molecule has 0 nitrogen and oxygen atoms in total. The molecule has 0 aromatic rings. The van der Waals surface area contributed by atoms with Crippen molar-refractivity contribution in [1.29, 1.82) is 0.879 Å². The van der Waals surface area contributed by atoms with Crippen LogP contribution in [-0.2, 0) is 17.8 Å². The number of allylic oxidation sites excluding steroid dienone is 1. The van der Waals surface area contributed by atoms with Gasteiger partial charge in [0.2, 0.25) is 0 Å². The van der Waals surface area contributed by atoms with Gasteiger partial charge in [0.1, 0.15) is 0 Å². The average Bonchev–Trinajstić information content (AvgIpc) is 2.15. The molecule has 109 valence electrons. The number of halogens is 7. The van der Waals surface area contributed by atoms with Crippen LogP contribution in [0.15, 0.2) is 25.1 Å². The average molecular weight is 320 g/mol. The fraction of sp³-hybridized carbons (Fsp3) is 0.600. The summed E-state index contributed by atoms with van der Waals surface area (Å²) >= 11 is -1.56. The minimum absolute atomic E-state index is 0. The Hall–Kier alpha value is -0.426. The Bertz CT molecular complexity index is 235. The Labute approximate surface area is 112 Å². The molecule has 0 bridgehead atoms. The van der Waals surface area contributed by atoms with Gasteiger partial charge in [-0.05, 0) is 26.8 Å². The van der Waals surface area contributed by atoms with Crippen molar-refractivity contribution >= 4 is 0 Å². The van der Waals surface area contributed by atoms with E-state index in [9.17, 15) is 29.8 Å². The van der Waals surface area contributed by atoms with E-state index in [1.807, 2.05) is 0 Å². The van der Waals surface area contributed by atoms with Gasteiger partial charge in [-0.1, -0.05) is 6.58 Å². The summed E-state index contributed by atoms with van der Waals surface area (Å²) in [4.78, 5) is 0. The first-order chi connectivity index (χ1) is 8.34. The normalized spacial score (nSPS) is 23.1. The van der Waals surface area contributed by atoms with Crippen LogP contribution in [0.25, 0.3) is 0 Å². The first-order valence-electron chi connectivity index (χ1n) is 4.91. The Morgan fingerprint density at radius 1 is 1.17 bits per heavy atom. The van der Waals surface area contributed by atoms with Gasteiger partial charge in [0.15, 0.2) is 5.67 Å². The summed E-state index contributed by atoms with van der Waals surface area (Å²) in [5.74, 6) is -3.38. The van der Waals surface area contributed by atoms with Crippen molar-refractivity contribution in [3.63, 3.8) is 0 Å².